The lowest BCUT2D eigenvalue weighted by atomic mass is 9.83. The number of hydrogen-bond donors (Lipinski definition) is 1. The molecule has 4 rings (SSSR count). The summed E-state index contributed by atoms with van der Waals surface area (Å²) in [6.45, 7) is 7.18. The second kappa shape index (κ2) is 6.13. The number of ether oxygens (including phenoxy) is 2. The molecule has 3 aliphatic heterocycles. The van der Waals surface area contributed by atoms with Crippen LogP contribution >= 0.6 is 11.6 Å². The van der Waals surface area contributed by atoms with Gasteiger partial charge in [-0.05, 0) is 36.1 Å². The van der Waals surface area contributed by atoms with Crippen LogP contribution in [0, 0.1) is 5.41 Å². The van der Waals surface area contributed by atoms with Crippen LogP contribution in [0.25, 0.3) is 0 Å². The standard InChI is InChI=1S/C19H23ClN2O4/c1-18(2)10-22(11-18)17-12-7-8-21-9-19(13(12)3-4-14(17)20)25-15(23)5-6-16(24)26-19/h3-4,21H,5-11H2,1-2H3. The Morgan fingerprint density at radius 3 is 2.35 bits per heavy atom. The summed E-state index contributed by atoms with van der Waals surface area (Å²) in [4.78, 5) is 26.5. The van der Waals surface area contributed by atoms with Crippen LogP contribution in [0.4, 0.5) is 5.69 Å². The molecule has 0 saturated carbocycles. The maximum absolute atomic E-state index is 12.1. The Morgan fingerprint density at radius 1 is 1.08 bits per heavy atom. The van der Waals surface area contributed by atoms with Crippen molar-refractivity contribution in [3.63, 3.8) is 0 Å². The smallest absolute Gasteiger partial charge is 0.309 e. The summed E-state index contributed by atoms with van der Waals surface area (Å²) in [6, 6.07) is 3.63. The van der Waals surface area contributed by atoms with Gasteiger partial charge in [0, 0.05) is 18.7 Å². The minimum absolute atomic E-state index is 0.0384. The van der Waals surface area contributed by atoms with Crippen molar-refractivity contribution in [2.24, 2.45) is 5.41 Å². The molecule has 0 atom stereocenters. The highest BCUT2D eigenvalue weighted by Crippen LogP contribution is 2.45. The molecule has 0 aliphatic carbocycles. The van der Waals surface area contributed by atoms with Gasteiger partial charge in [-0.2, -0.15) is 0 Å². The molecule has 0 bridgehead atoms. The van der Waals surface area contributed by atoms with Crippen LogP contribution in [-0.4, -0.2) is 38.1 Å². The molecule has 6 nitrogen and oxygen atoms in total. The van der Waals surface area contributed by atoms with E-state index < -0.39 is 17.7 Å². The number of fused-ring (bicyclic) bond motifs is 2. The molecule has 2 saturated heterocycles. The van der Waals surface area contributed by atoms with Crippen molar-refractivity contribution in [3.8, 4) is 0 Å². The first-order valence-corrected chi connectivity index (χ1v) is 9.39. The lowest BCUT2D eigenvalue weighted by molar-refractivity contribution is -0.225. The maximum atomic E-state index is 12.1. The zero-order chi connectivity index (χ0) is 18.5. The van der Waals surface area contributed by atoms with Gasteiger partial charge in [-0.1, -0.05) is 25.4 Å². The molecular weight excluding hydrogens is 356 g/mol. The van der Waals surface area contributed by atoms with E-state index in [-0.39, 0.29) is 24.8 Å². The van der Waals surface area contributed by atoms with Crippen molar-refractivity contribution in [2.45, 2.75) is 38.9 Å². The second-order valence-electron chi connectivity index (χ2n) is 8.07. The molecule has 26 heavy (non-hydrogen) atoms. The third-order valence-electron chi connectivity index (χ3n) is 5.20. The fraction of sp³-hybridized carbons (Fsp3) is 0.579. The van der Waals surface area contributed by atoms with Crippen molar-refractivity contribution < 1.29 is 19.1 Å². The van der Waals surface area contributed by atoms with Gasteiger partial charge in [0.2, 0.25) is 0 Å². The molecule has 1 spiro atoms. The van der Waals surface area contributed by atoms with Crippen LogP contribution in [0.5, 0.6) is 0 Å². The summed E-state index contributed by atoms with van der Waals surface area (Å²) >= 11 is 6.55. The minimum Gasteiger partial charge on any atom is -0.416 e. The molecule has 0 amide bonds. The third kappa shape index (κ3) is 2.95. The Labute approximate surface area is 157 Å². The summed E-state index contributed by atoms with van der Waals surface area (Å²) in [5, 5.41) is 3.91. The Balaban J connectivity index is 1.83. The Kier molecular flexibility index (Phi) is 4.15. The van der Waals surface area contributed by atoms with Gasteiger partial charge in [0.1, 0.15) is 0 Å². The molecular formula is C19H23ClN2O4. The molecule has 1 aromatic carbocycles. The highest BCUT2D eigenvalue weighted by Gasteiger charge is 2.47. The number of esters is 2. The van der Waals surface area contributed by atoms with Gasteiger partial charge < -0.3 is 19.7 Å². The molecule has 7 heteroatoms. The van der Waals surface area contributed by atoms with Crippen LogP contribution in [0.15, 0.2) is 12.1 Å². The van der Waals surface area contributed by atoms with Crippen LogP contribution in [0.1, 0.15) is 37.8 Å². The molecule has 0 aromatic heterocycles. The summed E-state index contributed by atoms with van der Waals surface area (Å²) in [7, 11) is 0. The summed E-state index contributed by atoms with van der Waals surface area (Å²) in [5.74, 6) is -2.27. The van der Waals surface area contributed by atoms with Gasteiger partial charge in [0.15, 0.2) is 0 Å². The van der Waals surface area contributed by atoms with Gasteiger partial charge in [-0.15, -0.1) is 0 Å². The van der Waals surface area contributed by atoms with Gasteiger partial charge in [-0.25, -0.2) is 0 Å². The lowest BCUT2D eigenvalue weighted by Gasteiger charge is -2.48. The summed E-state index contributed by atoms with van der Waals surface area (Å²) < 4.78 is 11.4. The highest BCUT2D eigenvalue weighted by atomic mass is 35.5. The number of halogens is 1. The lowest BCUT2D eigenvalue weighted by Crippen LogP contribution is -2.53. The summed E-state index contributed by atoms with van der Waals surface area (Å²) in [5.41, 5.74) is 2.91. The molecule has 0 unspecified atom stereocenters. The van der Waals surface area contributed by atoms with Crippen LogP contribution in [0.3, 0.4) is 0 Å². The highest BCUT2D eigenvalue weighted by molar-refractivity contribution is 6.33. The molecule has 1 N–H and O–H groups in total. The normalized spacial score (nSPS) is 24.0. The number of anilines is 1. The van der Waals surface area contributed by atoms with Crippen molar-refractivity contribution in [3.05, 3.63) is 28.3 Å². The van der Waals surface area contributed by atoms with Crippen LogP contribution < -0.4 is 10.2 Å². The topological polar surface area (TPSA) is 67.9 Å². The average molecular weight is 379 g/mol. The Hall–Kier alpha value is -1.79. The second-order valence-corrected chi connectivity index (χ2v) is 8.48. The number of carbonyl (C=O) groups excluding carboxylic acids is 2. The van der Waals surface area contributed by atoms with E-state index in [1.165, 1.54) is 0 Å². The number of nitrogens with zero attached hydrogens (tertiary/aromatic N) is 1. The van der Waals surface area contributed by atoms with Crippen LogP contribution in [-0.2, 0) is 31.3 Å². The number of nitrogens with one attached hydrogen (secondary N) is 1. The van der Waals surface area contributed by atoms with Crippen molar-refractivity contribution in [1.82, 2.24) is 5.32 Å². The maximum Gasteiger partial charge on any atom is 0.309 e. The van der Waals surface area contributed by atoms with Crippen LogP contribution in [0.2, 0.25) is 5.02 Å². The predicted molar refractivity (Wildman–Crippen MR) is 97.1 cm³/mol. The molecule has 3 aliphatic rings. The number of benzene rings is 1. The van der Waals surface area contributed by atoms with E-state index in [1.807, 2.05) is 6.07 Å². The molecule has 1 aromatic rings. The first-order valence-electron chi connectivity index (χ1n) is 9.01. The Bertz CT molecular complexity index is 751. The molecule has 0 radical (unpaired) electrons. The first-order chi connectivity index (χ1) is 12.3. The zero-order valence-electron chi connectivity index (χ0n) is 15.1. The Morgan fingerprint density at radius 2 is 1.73 bits per heavy atom. The third-order valence-corrected chi connectivity index (χ3v) is 5.50. The average Bonchev–Trinajstić information content (AvgIpc) is 2.79. The SMILES string of the molecule is CC1(C)CN(c2c(Cl)ccc3c2CCNCC32OC(=O)CCC(=O)O2)C1. The van der Waals surface area contributed by atoms with E-state index in [9.17, 15) is 9.59 Å². The van der Waals surface area contributed by atoms with E-state index in [1.54, 1.807) is 6.07 Å². The number of carbonyl (C=O) groups is 2. The van der Waals surface area contributed by atoms with E-state index in [2.05, 4.69) is 24.1 Å². The largest absolute Gasteiger partial charge is 0.416 e. The van der Waals surface area contributed by atoms with Gasteiger partial charge in [0.05, 0.1) is 30.1 Å². The van der Waals surface area contributed by atoms with Crippen molar-refractivity contribution >= 4 is 29.2 Å². The summed E-state index contributed by atoms with van der Waals surface area (Å²) in [6.07, 6.45) is 0.798. The zero-order valence-corrected chi connectivity index (χ0v) is 15.8. The quantitative estimate of drug-likeness (QED) is 0.757. The minimum atomic E-state index is -1.42. The molecule has 140 valence electrons. The van der Waals surface area contributed by atoms with Crippen molar-refractivity contribution in [2.75, 3.05) is 31.1 Å². The number of rotatable bonds is 1. The molecule has 3 heterocycles. The molecule has 2 fully saturated rings. The van der Waals surface area contributed by atoms with Gasteiger partial charge in [-0.3, -0.25) is 9.59 Å². The van der Waals surface area contributed by atoms with E-state index >= 15 is 0 Å². The fourth-order valence-electron chi connectivity index (χ4n) is 4.14. The predicted octanol–water partition coefficient (Wildman–Crippen LogP) is 2.36. The van der Waals surface area contributed by atoms with Crippen molar-refractivity contribution in [1.29, 1.82) is 0 Å². The number of hydrogen-bond acceptors (Lipinski definition) is 6. The fourth-order valence-corrected chi connectivity index (χ4v) is 4.44. The van der Waals surface area contributed by atoms with Gasteiger partial charge in [0.25, 0.3) is 5.79 Å². The van der Waals surface area contributed by atoms with E-state index in [0.29, 0.717) is 11.6 Å². The van der Waals surface area contributed by atoms with Gasteiger partial charge >= 0.3 is 11.9 Å². The first kappa shape index (κ1) is 17.6. The van der Waals surface area contributed by atoms with E-state index in [0.717, 1.165) is 36.3 Å². The van der Waals surface area contributed by atoms with E-state index in [4.69, 9.17) is 21.1 Å². The monoisotopic (exact) mass is 378 g/mol.